The van der Waals surface area contributed by atoms with Crippen molar-refractivity contribution >= 4 is 35.0 Å². The van der Waals surface area contributed by atoms with Crippen LogP contribution >= 0.6 is 0 Å². The number of anilines is 1. The molecule has 0 aromatic heterocycles. The van der Waals surface area contributed by atoms with Crippen molar-refractivity contribution in [2.75, 3.05) is 5.32 Å². The molecule has 1 atom stereocenters. The van der Waals surface area contributed by atoms with Gasteiger partial charge in [-0.1, -0.05) is 24.3 Å². The molecule has 0 heterocycles. The first-order valence-electron chi connectivity index (χ1n) is 7.95. The van der Waals surface area contributed by atoms with Crippen molar-refractivity contribution in [1.29, 1.82) is 0 Å². The Morgan fingerprint density at radius 1 is 1.07 bits per heavy atom. The number of nitro benzene ring substituents is 2. The molecule has 1 N–H and O–H groups in total. The highest BCUT2D eigenvalue weighted by molar-refractivity contribution is 5.98. The van der Waals surface area contributed by atoms with E-state index >= 15 is 0 Å². The lowest BCUT2D eigenvalue weighted by Crippen LogP contribution is -2.29. The molecule has 0 aliphatic heterocycles. The van der Waals surface area contributed by atoms with Crippen molar-refractivity contribution in [3.05, 3.63) is 80.4 Å². The highest BCUT2D eigenvalue weighted by atomic mass is 16.6. The van der Waals surface area contributed by atoms with Gasteiger partial charge in [-0.25, -0.2) is 4.79 Å². The number of benzene rings is 2. The van der Waals surface area contributed by atoms with Gasteiger partial charge in [0.05, 0.1) is 9.85 Å². The first kappa shape index (κ1) is 20.2. The maximum atomic E-state index is 12.1. The van der Waals surface area contributed by atoms with Crippen LogP contribution in [0.25, 0.3) is 6.08 Å². The number of non-ortho nitro benzene ring substituents is 1. The van der Waals surface area contributed by atoms with E-state index in [2.05, 4.69) is 5.32 Å². The minimum absolute atomic E-state index is 0.0208. The Hall–Kier alpha value is -4.08. The van der Waals surface area contributed by atoms with Crippen molar-refractivity contribution < 1.29 is 24.2 Å². The Morgan fingerprint density at radius 2 is 1.79 bits per heavy atom. The summed E-state index contributed by atoms with van der Waals surface area (Å²) < 4.78 is 4.94. The molecule has 1 amide bonds. The lowest BCUT2D eigenvalue weighted by molar-refractivity contribution is -0.384. The van der Waals surface area contributed by atoms with Crippen molar-refractivity contribution in [1.82, 2.24) is 0 Å². The molecule has 0 spiro atoms. The van der Waals surface area contributed by atoms with Crippen LogP contribution in [0.4, 0.5) is 17.1 Å². The fourth-order valence-corrected chi connectivity index (χ4v) is 2.15. The average molecular weight is 385 g/mol. The van der Waals surface area contributed by atoms with E-state index in [-0.39, 0.29) is 17.1 Å². The molecule has 0 saturated heterocycles. The normalized spacial score (nSPS) is 11.6. The lowest BCUT2D eigenvalue weighted by Gasteiger charge is -2.12. The van der Waals surface area contributed by atoms with E-state index in [0.717, 1.165) is 6.08 Å². The maximum Gasteiger partial charge on any atom is 0.331 e. The van der Waals surface area contributed by atoms with Crippen LogP contribution in [-0.2, 0) is 14.3 Å². The number of nitrogens with zero attached hydrogens (tertiary/aromatic N) is 2. The van der Waals surface area contributed by atoms with Crippen LogP contribution in [0.5, 0.6) is 0 Å². The molecule has 0 bridgehead atoms. The predicted molar refractivity (Wildman–Crippen MR) is 99.4 cm³/mol. The van der Waals surface area contributed by atoms with Crippen molar-refractivity contribution in [3.63, 3.8) is 0 Å². The van der Waals surface area contributed by atoms with Crippen LogP contribution in [-0.4, -0.2) is 27.8 Å². The monoisotopic (exact) mass is 385 g/mol. The van der Waals surface area contributed by atoms with Gasteiger partial charge in [0, 0.05) is 24.3 Å². The van der Waals surface area contributed by atoms with E-state index < -0.39 is 27.8 Å². The summed E-state index contributed by atoms with van der Waals surface area (Å²) >= 11 is 0. The molecule has 0 unspecified atom stereocenters. The van der Waals surface area contributed by atoms with Gasteiger partial charge in [-0.05, 0) is 24.6 Å². The Labute approximate surface area is 158 Å². The molecule has 0 saturated carbocycles. The molecule has 144 valence electrons. The van der Waals surface area contributed by atoms with Crippen LogP contribution in [0, 0.1) is 20.2 Å². The molecular weight excluding hydrogens is 370 g/mol. The number of hydrogen-bond acceptors (Lipinski definition) is 7. The maximum absolute atomic E-state index is 12.1. The molecule has 10 heteroatoms. The molecule has 0 radical (unpaired) electrons. The smallest absolute Gasteiger partial charge is 0.331 e. The van der Waals surface area contributed by atoms with Crippen molar-refractivity contribution in [2.45, 2.75) is 13.0 Å². The standard InChI is InChI=1S/C18H15N3O7/c1-12(18(23)19-15-7-2-3-8-16(15)21(26)27)28-17(22)10-9-13-5-4-6-14(11-13)20(24)25/h2-12H,1H3,(H,19,23)/b10-9+/t12-/m0/s1. The zero-order chi connectivity index (χ0) is 20.7. The number of nitro groups is 2. The van der Waals surface area contributed by atoms with Crippen LogP contribution in [0.2, 0.25) is 0 Å². The van der Waals surface area contributed by atoms with Gasteiger partial charge in [-0.2, -0.15) is 0 Å². The molecule has 28 heavy (non-hydrogen) atoms. The lowest BCUT2D eigenvalue weighted by atomic mass is 10.2. The topological polar surface area (TPSA) is 142 Å². The molecule has 2 aromatic carbocycles. The van der Waals surface area contributed by atoms with Gasteiger partial charge < -0.3 is 10.1 Å². The number of carbonyl (C=O) groups excluding carboxylic acids is 2. The number of nitrogens with one attached hydrogen (secondary N) is 1. The van der Waals surface area contributed by atoms with Crippen molar-refractivity contribution in [2.24, 2.45) is 0 Å². The second kappa shape index (κ2) is 9.03. The highest BCUT2D eigenvalue weighted by Crippen LogP contribution is 2.23. The Kier molecular flexibility index (Phi) is 6.53. The third-order valence-corrected chi connectivity index (χ3v) is 3.51. The Bertz CT molecular complexity index is 956. The quantitative estimate of drug-likeness (QED) is 0.334. The van der Waals surface area contributed by atoms with E-state index in [1.807, 2.05) is 0 Å². The number of hydrogen-bond donors (Lipinski definition) is 1. The van der Waals surface area contributed by atoms with Gasteiger partial charge in [0.2, 0.25) is 0 Å². The fraction of sp³-hybridized carbons (Fsp3) is 0.111. The van der Waals surface area contributed by atoms with Gasteiger partial charge in [-0.15, -0.1) is 0 Å². The van der Waals surface area contributed by atoms with E-state index in [9.17, 15) is 29.8 Å². The van der Waals surface area contributed by atoms with Gasteiger partial charge in [0.1, 0.15) is 5.69 Å². The van der Waals surface area contributed by atoms with Gasteiger partial charge in [0.15, 0.2) is 6.10 Å². The summed E-state index contributed by atoms with van der Waals surface area (Å²) in [6.45, 7) is 1.31. The third kappa shape index (κ3) is 5.46. The molecule has 0 fully saturated rings. The highest BCUT2D eigenvalue weighted by Gasteiger charge is 2.20. The van der Waals surface area contributed by atoms with Gasteiger partial charge in [-0.3, -0.25) is 25.0 Å². The molecule has 2 rings (SSSR count). The fourth-order valence-electron chi connectivity index (χ4n) is 2.15. The minimum Gasteiger partial charge on any atom is -0.449 e. The second-order valence-corrected chi connectivity index (χ2v) is 5.53. The van der Waals surface area contributed by atoms with Crippen LogP contribution in [0.1, 0.15) is 12.5 Å². The Balaban J connectivity index is 1.98. The first-order chi connectivity index (χ1) is 13.3. The molecule has 10 nitrogen and oxygen atoms in total. The zero-order valence-corrected chi connectivity index (χ0v) is 14.6. The molecule has 0 aliphatic carbocycles. The predicted octanol–water partition coefficient (Wildman–Crippen LogP) is 3.09. The first-order valence-corrected chi connectivity index (χ1v) is 7.95. The van der Waals surface area contributed by atoms with Gasteiger partial charge >= 0.3 is 5.97 Å². The molecule has 0 aliphatic rings. The second-order valence-electron chi connectivity index (χ2n) is 5.53. The summed E-state index contributed by atoms with van der Waals surface area (Å²) in [5, 5.41) is 24.0. The van der Waals surface area contributed by atoms with E-state index in [1.165, 1.54) is 55.5 Å². The number of carbonyl (C=O) groups is 2. The van der Waals surface area contributed by atoms with Crippen molar-refractivity contribution in [3.8, 4) is 0 Å². The van der Waals surface area contributed by atoms with Gasteiger partial charge in [0.25, 0.3) is 17.3 Å². The third-order valence-electron chi connectivity index (χ3n) is 3.51. The number of esters is 1. The number of rotatable bonds is 7. The molecular formula is C18H15N3O7. The van der Waals surface area contributed by atoms with Crippen LogP contribution in [0.15, 0.2) is 54.6 Å². The van der Waals surface area contributed by atoms with Crippen LogP contribution in [0.3, 0.4) is 0 Å². The summed E-state index contributed by atoms with van der Waals surface area (Å²) in [7, 11) is 0. The van der Waals surface area contributed by atoms with E-state index in [1.54, 1.807) is 6.07 Å². The minimum atomic E-state index is -1.22. The average Bonchev–Trinajstić information content (AvgIpc) is 2.66. The number of ether oxygens (including phenoxy) is 1. The van der Waals surface area contributed by atoms with Crippen LogP contribution < -0.4 is 5.32 Å². The summed E-state index contributed by atoms with van der Waals surface area (Å²) in [5.74, 6) is -1.59. The summed E-state index contributed by atoms with van der Waals surface area (Å²) in [6.07, 6.45) is 1.11. The zero-order valence-electron chi connectivity index (χ0n) is 14.6. The van der Waals surface area contributed by atoms with E-state index in [0.29, 0.717) is 5.56 Å². The summed E-state index contributed by atoms with van der Waals surface area (Å²) in [4.78, 5) is 44.4. The SMILES string of the molecule is C[C@H](OC(=O)/C=C/c1cccc([N+](=O)[O-])c1)C(=O)Nc1ccccc1[N+](=O)[O-]. The summed E-state index contributed by atoms with van der Waals surface area (Å²) in [6, 6.07) is 11.2. The molecule has 2 aromatic rings. The summed E-state index contributed by atoms with van der Waals surface area (Å²) in [5.41, 5.74) is -0.0386. The van der Waals surface area contributed by atoms with E-state index in [4.69, 9.17) is 4.74 Å². The number of para-hydroxylation sites is 2. The Morgan fingerprint density at radius 3 is 2.46 bits per heavy atom. The number of amides is 1. The largest absolute Gasteiger partial charge is 0.449 e.